The molecule has 0 radical (unpaired) electrons. The number of rotatable bonds is 7. The lowest BCUT2D eigenvalue weighted by Gasteiger charge is -2.11. The lowest BCUT2D eigenvalue weighted by atomic mass is 10.1. The second-order valence-corrected chi connectivity index (χ2v) is 7.62. The Morgan fingerprint density at radius 2 is 1.80 bits per heavy atom. The fourth-order valence-corrected chi connectivity index (χ4v) is 3.69. The van der Waals surface area contributed by atoms with Crippen LogP contribution in [0.25, 0.3) is 0 Å². The Hall–Kier alpha value is -3.29. The molecule has 8 heteroatoms. The number of nitrogens with one attached hydrogen (secondary N) is 2. The van der Waals surface area contributed by atoms with Crippen LogP contribution in [0.4, 0.5) is 5.69 Å². The third-order valence-electron chi connectivity index (χ3n) is 4.20. The zero-order valence-corrected chi connectivity index (χ0v) is 17.3. The normalized spacial score (nSPS) is 10.6. The maximum Gasteiger partial charge on any atom is 0.255 e. The number of aromatic nitrogens is 3. The number of halogens is 1. The van der Waals surface area contributed by atoms with Crippen molar-refractivity contribution >= 4 is 35.0 Å². The number of nitrogens with zero attached hydrogens (tertiary/aromatic N) is 2. The van der Waals surface area contributed by atoms with Crippen LogP contribution in [0.3, 0.4) is 0 Å². The van der Waals surface area contributed by atoms with E-state index in [-0.39, 0.29) is 5.91 Å². The summed E-state index contributed by atoms with van der Waals surface area (Å²) in [6.45, 7) is 0. The molecule has 1 heterocycles. The molecule has 0 saturated carbocycles. The fourth-order valence-electron chi connectivity index (χ4n) is 2.74. The Morgan fingerprint density at radius 1 is 1.03 bits per heavy atom. The van der Waals surface area contributed by atoms with Crippen LogP contribution in [0.1, 0.15) is 15.9 Å². The van der Waals surface area contributed by atoms with Crippen molar-refractivity contribution in [2.24, 2.45) is 0 Å². The molecule has 1 amide bonds. The predicted molar refractivity (Wildman–Crippen MR) is 118 cm³/mol. The number of para-hydroxylation sites is 1. The summed E-state index contributed by atoms with van der Waals surface area (Å²) in [7, 11) is 0. The van der Waals surface area contributed by atoms with Crippen LogP contribution in [0.5, 0.6) is 11.5 Å². The molecule has 4 rings (SSSR count). The third-order valence-corrected chi connectivity index (χ3v) is 5.43. The number of thioether (sulfide) groups is 1. The van der Waals surface area contributed by atoms with Crippen LogP contribution in [0.2, 0.25) is 5.02 Å². The van der Waals surface area contributed by atoms with Gasteiger partial charge in [-0.05, 0) is 48.0 Å². The SMILES string of the molecule is O=C(Nc1ccc(Oc2ccccc2Cl)cc1)c1ccccc1CSc1ncn[nH]1. The topological polar surface area (TPSA) is 79.9 Å². The van der Waals surface area contributed by atoms with E-state index in [9.17, 15) is 4.79 Å². The highest BCUT2D eigenvalue weighted by Crippen LogP contribution is 2.29. The second-order valence-electron chi connectivity index (χ2n) is 6.25. The van der Waals surface area contributed by atoms with Crippen molar-refractivity contribution in [3.8, 4) is 11.5 Å². The molecule has 6 nitrogen and oxygen atoms in total. The zero-order valence-electron chi connectivity index (χ0n) is 15.7. The Bertz CT molecular complexity index is 1130. The summed E-state index contributed by atoms with van der Waals surface area (Å²) in [5.74, 6) is 1.63. The molecule has 4 aromatic rings. The van der Waals surface area contributed by atoms with E-state index in [1.165, 1.54) is 18.1 Å². The highest BCUT2D eigenvalue weighted by Gasteiger charge is 2.12. The van der Waals surface area contributed by atoms with Crippen LogP contribution in [0, 0.1) is 0 Å². The lowest BCUT2D eigenvalue weighted by Crippen LogP contribution is -2.14. The lowest BCUT2D eigenvalue weighted by molar-refractivity contribution is 0.102. The molecule has 0 fully saturated rings. The number of aromatic amines is 1. The molecular formula is C22H17ClN4O2S. The average molecular weight is 437 g/mol. The van der Waals surface area contributed by atoms with Gasteiger partial charge in [0.25, 0.3) is 5.91 Å². The van der Waals surface area contributed by atoms with E-state index in [4.69, 9.17) is 16.3 Å². The molecule has 0 bridgehead atoms. The zero-order chi connectivity index (χ0) is 20.8. The van der Waals surface area contributed by atoms with Crippen molar-refractivity contribution in [2.75, 3.05) is 5.32 Å². The number of carbonyl (C=O) groups is 1. The molecule has 0 atom stereocenters. The largest absolute Gasteiger partial charge is 0.456 e. The monoisotopic (exact) mass is 436 g/mol. The summed E-state index contributed by atoms with van der Waals surface area (Å²) in [6.07, 6.45) is 1.46. The number of hydrogen-bond donors (Lipinski definition) is 2. The number of amides is 1. The van der Waals surface area contributed by atoms with Gasteiger partial charge in [0.05, 0.1) is 5.02 Å². The molecule has 2 N–H and O–H groups in total. The van der Waals surface area contributed by atoms with Crippen molar-refractivity contribution in [1.82, 2.24) is 15.2 Å². The first-order chi connectivity index (χ1) is 14.7. The van der Waals surface area contributed by atoms with Gasteiger partial charge in [-0.3, -0.25) is 9.89 Å². The minimum atomic E-state index is -0.177. The van der Waals surface area contributed by atoms with Crippen molar-refractivity contribution in [2.45, 2.75) is 10.9 Å². The van der Waals surface area contributed by atoms with E-state index < -0.39 is 0 Å². The van der Waals surface area contributed by atoms with E-state index in [0.717, 1.165) is 5.56 Å². The van der Waals surface area contributed by atoms with Crippen LogP contribution < -0.4 is 10.1 Å². The Kier molecular flexibility index (Phi) is 6.32. The third kappa shape index (κ3) is 5.00. The Balaban J connectivity index is 1.42. The average Bonchev–Trinajstić information content (AvgIpc) is 3.29. The first kappa shape index (κ1) is 20.0. The Labute approximate surface area is 182 Å². The van der Waals surface area contributed by atoms with Gasteiger partial charge in [0.2, 0.25) is 0 Å². The number of anilines is 1. The molecule has 0 spiro atoms. The van der Waals surface area contributed by atoms with Gasteiger partial charge in [0, 0.05) is 17.0 Å². The summed E-state index contributed by atoms with van der Waals surface area (Å²) < 4.78 is 5.78. The molecule has 1 aromatic heterocycles. The highest BCUT2D eigenvalue weighted by molar-refractivity contribution is 7.98. The molecule has 0 saturated heterocycles. The number of H-pyrrole nitrogens is 1. The van der Waals surface area contributed by atoms with Gasteiger partial charge in [0.15, 0.2) is 5.16 Å². The van der Waals surface area contributed by atoms with Gasteiger partial charge in [0.1, 0.15) is 17.8 Å². The number of ether oxygens (including phenoxy) is 1. The predicted octanol–water partition coefficient (Wildman–Crippen LogP) is 5.80. The molecule has 0 aliphatic heterocycles. The van der Waals surface area contributed by atoms with E-state index in [1.807, 2.05) is 30.3 Å². The minimum absolute atomic E-state index is 0.177. The van der Waals surface area contributed by atoms with Crippen molar-refractivity contribution in [3.63, 3.8) is 0 Å². The maximum atomic E-state index is 12.8. The van der Waals surface area contributed by atoms with Crippen LogP contribution in [-0.2, 0) is 5.75 Å². The van der Waals surface area contributed by atoms with Gasteiger partial charge in [-0.25, -0.2) is 4.98 Å². The number of carbonyl (C=O) groups excluding carboxylic acids is 1. The molecule has 3 aromatic carbocycles. The van der Waals surface area contributed by atoms with Gasteiger partial charge >= 0.3 is 0 Å². The summed E-state index contributed by atoms with van der Waals surface area (Å²) in [6, 6.07) is 21.9. The standard InChI is InChI=1S/C22H17ClN4O2S/c23-19-7-3-4-8-20(19)29-17-11-9-16(10-12-17)26-21(28)18-6-2-1-5-15(18)13-30-22-24-14-25-27-22/h1-12,14H,13H2,(H,26,28)(H,24,25,27). The first-order valence-corrected chi connectivity index (χ1v) is 10.5. The quantitative estimate of drug-likeness (QED) is 0.358. The Morgan fingerprint density at radius 3 is 2.57 bits per heavy atom. The van der Waals surface area contributed by atoms with Crippen molar-refractivity contribution in [3.05, 3.63) is 95.3 Å². The molecule has 150 valence electrons. The highest BCUT2D eigenvalue weighted by atomic mass is 35.5. The van der Waals surface area contributed by atoms with Crippen molar-refractivity contribution in [1.29, 1.82) is 0 Å². The number of hydrogen-bond acceptors (Lipinski definition) is 5. The maximum absolute atomic E-state index is 12.8. The fraction of sp³-hybridized carbons (Fsp3) is 0.0455. The van der Waals surface area contributed by atoms with E-state index >= 15 is 0 Å². The molecule has 0 aliphatic carbocycles. The van der Waals surface area contributed by atoms with Gasteiger partial charge in [-0.15, -0.1) is 0 Å². The van der Waals surface area contributed by atoms with Gasteiger partial charge < -0.3 is 10.1 Å². The van der Waals surface area contributed by atoms with E-state index in [0.29, 0.717) is 38.7 Å². The second kappa shape index (κ2) is 9.47. The van der Waals surface area contributed by atoms with E-state index in [1.54, 1.807) is 42.5 Å². The summed E-state index contributed by atoms with van der Waals surface area (Å²) in [4.78, 5) is 16.9. The smallest absolute Gasteiger partial charge is 0.255 e. The van der Waals surface area contributed by atoms with Crippen LogP contribution in [-0.4, -0.2) is 21.1 Å². The summed E-state index contributed by atoms with van der Waals surface area (Å²) in [5.41, 5.74) is 2.19. The van der Waals surface area contributed by atoms with Gasteiger partial charge in [-0.2, -0.15) is 5.10 Å². The molecule has 0 unspecified atom stereocenters. The van der Waals surface area contributed by atoms with Gasteiger partial charge in [-0.1, -0.05) is 53.7 Å². The minimum Gasteiger partial charge on any atom is -0.456 e. The van der Waals surface area contributed by atoms with Crippen LogP contribution in [0.15, 0.2) is 84.3 Å². The molecule has 30 heavy (non-hydrogen) atoms. The van der Waals surface area contributed by atoms with Crippen molar-refractivity contribution < 1.29 is 9.53 Å². The van der Waals surface area contributed by atoms with Crippen LogP contribution >= 0.6 is 23.4 Å². The summed E-state index contributed by atoms with van der Waals surface area (Å²) >= 11 is 7.61. The first-order valence-electron chi connectivity index (χ1n) is 9.09. The molecular weight excluding hydrogens is 420 g/mol. The van der Waals surface area contributed by atoms with E-state index in [2.05, 4.69) is 20.5 Å². The molecule has 0 aliphatic rings. The summed E-state index contributed by atoms with van der Waals surface area (Å²) in [5, 5.41) is 10.8. The number of benzene rings is 3.